The molecule has 0 aliphatic carbocycles. The number of hydrogen-bond acceptors (Lipinski definition) is 3. The highest BCUT2D eigenvalue weighted by Crippen LogP contribution is 2.02. The average molecular weight is 386 g/mol. The van der Waals surface area contributed by atoms with Gasteiger partial charge in [-0.2, -0.15) is 5.10 Å². The SMILES string of the molecule is CCNC(=NCCCn1nc(C)cc1C)NCCCOCCc1ccccc1. The Kier molecular flexibility index (Phi) is 10.1. The molecule has 0 unspecified atom stereocenters. The van der Waals surface area contributed by atoms with E-state index in [1.807, 2.05) is 13.0 Å². The molecule has 0 saturated heterocycles. The fourth-order valence-corrected chi connectivity index (χ4v) is 2.97. The first-order valence-corrected chi connectivity index (χ1v) is 10.3. The number of ether oxygens (including phenoxy) is 1. The second-order valence-electron chi connectivity index (χ2n) is 6.89. The highest BCUT2D eigenvalue weighted by Gasteiger charge is 2.01. The fourth-order valence-electron chi connectivity index (χ4n) is 2.97. The number of hydrogen-bond donors (Lipinski definition) is 2. The van der Waals surface area contributed by atoms with E-state index in [0.717, 1.165) is 70.3 Å². The van der Waals surface area contributed by atoms with Crippen LogP contribution in [0.5, 0.6) is 0 Å². The van der Waals surface area contributed by atoms with Gasteiger partial charge < -0.3 is 15.4 Å². The van der Waals surface area contributed by atoms with Crippen LogP contribution in [0.2, 0.25) is 0 Å². The quantitative estimate of drug-likeness (QED) is 0.335. The van der Waals surface area contributed by atoms with E-state index in [9.17, 15) is 0 Å². The van der Waals surface area contributed by atoms with E-state index < -0.39 is 0 Å². The molecule has 0 aliphatic rings. The fraction of sp³-hybridized carbons (Fsp3) is 0.545. The molecule has 0 amide bonds. The predicted octanol–water partition coefficient (Wildman–Crippen LogP) is 3.09. The molecule has 154 valence electrons. The van der Waals surface area contributed by atoms with Gasteiger partial charge in [0.15, 0.2) is 5.96 Å². The monoisotopic (exact) mass is 385 g/mol. The molecule has 0 spiro atoms. The summed E-state index contributed by atoms with van der Waals surface area (Å²) in [5.74, 6) is 0.875. The Bertz CT molecular complexity index is 696. The lowest BCUT2D eigenvalue weighted by Crippen LogP contribution is -2.38. The largest absolute Gasteiger partial charge is 0.381 e. The van der Waals surface area contributed by atoms with Gasteiger partial charge in [-0.15, -0.1) is 0 Å². The molecule has 6 heteroatoms. The summed E-state index contributed by atoms with van der Waals surface area (Å²) in [6, 6.07) is 12.6. The van der Waals surface area contributed by atoms with Crippen LogP contribution in [0.3, 0.4) is 0 Å². The molecule has 28 heavy (non-hydrogen) atoms. The van der Waals surface area contributed by atoms with E-state index in [1.54, 1.807) is 0 Å². The van der Waals surface area contributed by atoms with Crippen molar-refractivity contribution in [2.45, 2.75) is 46.6 Å². The number of nitrogens with zero attached hydrogens (tertiary/aromatic N) is 3. The maximum absolute atomic E-state index is 5.73. The number of benzene rings is 1. The third-order valence-corrected chi connectivity index (χ3v) is 4.38. The summed E-state index contributed by atoms with van der Waals surface area (Å²) in [5.41, 5.74) is 3.60. The van der Waals surface area contributed by atoms with Crippen LogP contribution >= 0.6 is 0 Å². The molecule has 6 nitrogen and oxygen atoms in total. The van der Waals surface area contributed by atoms with Crippen molar-refractivity contribution >= 4 is 5.96 Å². The van der Waals surface area contributed by atoms with Crippen LogP contribution in [0.1, 0.15) is 36.7 Å². The highest BCUT2D eigenvalue weighted by molar-refractivity contribution is 5.79. The van der Waals surface area contributed by atoms with E-state index in [1.165, 1.54) is 11.3 Å². The predicted molar refractivity (Wildman–Crippen MR) is 116 cm³/mol. The molecule has 0 radical (unpaired) electrons. The van der Waals surface area contributed by atoms with Crippen molar-refractivity contribution in [3.8, 4) is 0 Å². The first kappa shape index (κ1) is 22.0. The van der Waals surface area contributed by atoms with Crippen LogP contribution in [-0.4, -0.2) is 48.6 Å². The number of nitrogens with one attached hydrogen (secondary N) is 2. The van der Waals surface area contributed by atoms with Crippen molar-refractivity contribution in [1.29, 1.82) is 0 Å². The maximum Gasteiger partial charge on any atom is 0.191 e. The van der Waals surface area contributed by atoms with Gasteiger partial charge in [0.2, 0.25) is 0 Å². The van der Waals surface area contributed by atoms with Crippen LogP contribution < -0.4 is 10.6 Å². The summed E-state index contributed by atoms with van der Waals surface area (Å²) in [6.45, 7) is 11.1. The van der Waals surface area contributed by atoms with Crippen molar-refractivity contribution < 1.29 is 4.74 Å². The highest BCUT2D eigenvalue weighted by atomic mass is 16.5. The molecule has 0 bridgehead atoms. The van der Waals surface area contributed by atoms with Crippen molar-refractivity contribution in [2.24, 2.45) is 4.99 Å². The minimum absolute atomic E-state index is 0.761. The van der Waals surface area contributed by atoms with Gasteiger partial charge >= 0.3 is 0 Å². The normalized spacial score (nSPS) is 11.6. The van der Waals surface area contributed by atoms with Gasteiger partial charge in [-0.3, -0.25) is 9.67 Å². The molecular formula is C22H35N5O. The molecule has 2 rings (SSSR count). The molecule has 1 aromatic heterocycles. The lowest BCUT2D eigenvalue weighted by atomic mass is 10.2. The van der Waals surface area contributed by atoms with Crippen molar-refractivity contribution in [1.82, 2.24) is 20.4 Å². The Labute approximate surface area is 169 Å². The number of aromatic nitrogens is 2. The van der Waals surface area contributed by atoms with E-state index in [2.05, 4.69) is 69.6 Å². The zero-order valence-electron chi connectivity index (χ0n) is 17.6. The molecule has 0 atom stereocenters. The number of aryl methyl sites for hydroxylation is 3. The van der Waals surface area contributed by atoms with E-state index in [0.29, 0.717) is 0 Å². The molecular weight excluding hydrogens is 350 g/mol. The molecule has 0 aliphatic heterocycles. The topological polar surface area (TPSA) is 63.5 Å². The summed E-state index contributed by atoms with van der Waals surface area (Å²) in [5, 5.41) is 11.2. The van der Waals surface area contributed by atoms with Gasteiger partial charge in [-0.05, 0) is 51.7 Å². The summed E-state index contributed by atoms with van der Waals surface area (Å²) in [4.78, 5) is 4.65. The number of rotatable bonds is 12. The van der Waals surface area contributed by atoms with Gasteiger partial charge in [-0.1, -0.05) is 30.3 Å². The van der Waals surface area contributed by atoms with Crippen molar-refractivity contribution in [3.63, 3.8) is 0 Å². The minimum Gasteiger partial charge on any atom is -0.381 e. The Morgan fingerprint density at radius 1 is 1.11 bits per heavy atom. The standard InChI is InChI=1S/C22H35N5O/c1-4-23-22(24-13-8-15-27-20(3)18-19(2)26-27)25-14-9-16-28-17-12-21-10-6-5-7-11-21/h5-7,10-11,18H,4,8-9,12-17H2,1-3H3,(H2,23,24,25). The number of aliphatic imine (C=N–C) groups is 1. The Morgan fingerprint density at radius 2 is 1.93 bits per heavy atom. The molecule has 0 saturated carbocycles. The molecule has 1 heterocycles. The zero-order valence-corrected chi connectivity index (χ0v) is 17.6. The second kappa shape index (κ2) is 12.9. The molecule has 2 aromatic rings. The second-order valence-corrected chi connectivity index (χ2v) is 6.89. The zero-order chi connectivity index (χ0) is 20.0. The van der Waals surface area contributed by atoms with Crippen LogP contribution in [0.25, 0.3) is 0 Å². The van der Waals surface area contributed by atoms with Crippen LogP contribution in [0, 0.1) is 13.8 Å². The van der Waals surface area contributed by atoms with Crippen molar-refractivity contribution in [3.05, 3.63) is 53.3 Å². The number of guanidine groups is 1. The Balaban J connectivity index is 1.57. The van der Waals surface area contributed by atoms with Crippen molar-refractivity contribution in [2.75, 3.05) is 32.8 Å². The summed E-state index contributed by atoms with van der Waals surface area (Å²) in [6.07, 6.45) is 2.90. The lowest BCUT2D eigenvalue weighted by molar-refractivity contribution is 0.135. The van der Waals surface area contributed by atoms with Gasteiger partial charge in [0.25, 0.3) is 0 Å². The molecule has 1 aromatic carbocycles. The van der Waals surface area contributed by atoms with Gasteiger partial charge in [-0.25, -0.2) is 0 Å². The third-order valence-electron chi connectivity index (χ3n) is 4.38. The summed E-state index contributed by atoms with van der Waals surface area (Å²) >= 11 is 0. The van der Waals surface area contributed by atoms with Gasteiger partial charge in [0, 0.05) is 38.5 Å². The molecule has 2 N–H and O–H groups in total. The summed E-state index contributed by atoms with van der Waals surface area (Å²) in [7, 11) is 0. The first-order valence-electron chi connectivity index (χ1n) is 10.3. The Hall–Kier alpha value is -2.34. The average Bonchev–Trinajstić information content (AvgIpc) is 3.02. The van der Waals surface area contributed by atoms with E-state index >= 15 is 0 Å². The van der Waals surface area contributed by atoms with Crippen LogP contribution in [0.4, 0.5) is 0 Å². The summed E-state index contributed by atoms with van der Waals surface area (Å²) < 4.78 is 7.78. The third kappa shape index (κ3) is 8.57. The maximum atomic E-state index is 5.73. The van der Waals surface area contributed by atoms with E-state index in [4.69, 9.17) is 4.74 Å². The van der Waals surface area contributed by atoms with Gasteiger partial charge in [0.1, 0.15) is 0 Å². The Morgan fingerprint density at radius 3 is 2.64 bits per heavy atom. The smallest absolute Gasteiger partial charge is 0.191 e. The minimum atomic E-state index is 0.761. The van der Waals surface area contributed by atoms with Crippen LogP contribution in [-0.2, 0) is 17.7 Å². The molecule has 0 fully saturated rings. The van der Waals surface area contributed by atoms with E-state index in [-0.39, 0.29) is 0 Å². The first-order chi connectivity index (χ1) is 13.7. The van der Waals surface area contributed by atoms with Gasteiger partial charge in [0.05, 0.1) is 12.3 Å². The van der Waals surface area contributed by atoms with Crippen LogP contribution in [0.15, 0.2) is 41.4 Å². The lowest BCUT2D eigenvalue weighted by Gasteiger charge is -2.11.